The predicted molar refractivity (Wildman–Crippen MR) is 69.0 cm³/mol. The van der Waals surface area contributed by atoms with Crippen molar-refractivity contribution in [1.82, 2.24) is 0 Å². The van der Waals surface area contributed by atoms with Crippen LogP contribution in [0.4, 0.5) is 0 Å². The molecule has 94 valence electrons. The van der Waals surface area contributed by atoms with Crippen LogP contribution in [0.3, 0.4) is 0 Å². The summed E-state index contributed by atoms with van der Waals surface area (Å²) in [6, 6.07) is 8.39. The first-order valence-electron chi connectivity index (χ1n) is 6.52. The highest BCUT2D eigenvalue weighted by molar-refractivity contribution is 5.27. The fourth-order valence-electron chi connectivity index (χ4n) is 2.64. The van der Waals surface area contributed by atoms with E-state index in [1.807, 2.05) is 0 Å². The third-order valence-corrected chi connectivity index (χ3v) is 3.99. The summed E-state index contributed by atoms with van der Waals surface area (Å²) in [6.45, 7) is 2.15. The number of aryl methyl sites for hydroxylation is 1. The smallest absolute Gasteiger partial charge is 0.0898 e. The molecule has 1 aliphatic rings. The van der Waals surface area contributed by atoms with E-state index in [4.69, 9.17) is 4.74 Å². The summed E-state index contributed by atoms with van der Waals surface area (Å²) in [5.74, 6) is 0. The molecule has 2 rings (SSSR count). The molecule has 0 bridgehead atoms. The molecule has 0 unspecified atom stereocenters. The SMILES string of the molecule is CCc1ccc(C2(O)CCC(OC)CC2)cc1. The average molecular weight is 234 g/mol. The Labute approximate surface area is 104 Å². The van der Waals surface area contributed by atoms with Crippen LogP contribution in [-0.2, 0) is 16.8 Å². The number of methoxy groups -OCH3 is 1. The largest absolute Gasteiger partial charge is 0.385 e. The van der Waals surface area contributed by atoms with Crippen molar-refractivity contribution in [3.05, 3.63) is 35.4 Å². The summed E-state index contributed by atoms with van der Waals surface area (Å²) in [5, 5.41) is 10.7. The molecule has 1 N–H and O–H groups in total. The van der Waals surface area contributed by atoms with Gasteiger partial charge >= 0.3 is 0 Å². The van der Waals surface area contributed by atoms with Crippen molar-refractivity contribution in [2.75, 3.05) is 7.11 Å². The molecule has 0 atom stereocenters. The Kier molecular flexibility index (Phi) is 3.85. The first-order valence-corrected chi connectivity index (χ1v) is 6.52. The quantitative estimate of drug-likeness (QED) is 0.871. The Balaban J connectivity index is 2.10. The minimum atomic E-state index is -0.638. The molecule has 0 amide bonds. The van der Waals surface area contributed by atoms with E-state index >= 15 is 0 Å². The first kappa shape index (κ1) is 12.6. The number of hydrogen-bond donors (Lipinski definition) is 1. The van der Waals surface area contributed by atoms with Crippen molar-refractivity contribution < 1.29 is 9.84 Å². The first-order chi connectivity index (χ1) is 8.18. The maximum Gasteiger partial charge on any atom is 0.0898 e. The van der Waals surface area contributed by atoms with Gasteiger partial charge in [-0.1, -0.05) is 31.2 Å². The van der Waals surface area contributed by atoms with Crippen LogP contribution in [0, 0.1) is 0 Å². The molecule has 0 saturated heterocycles. The van der Waals surface area contributed by atoms with Crippen LogP contribution in [0.5, 0.6) is 0 Å². The lowest BCUT2D eigenvalue weighted by molar-refractivity contribution is -0.0474. The van der Waals surface area contributed by atoms with Gasteiger partial charge in [0.1, 0.15) is 0 Å². The molecule has 1 aliphatic carbocycles. The molecule has 2 nitrogen and oxygen atoms in total. The van der Waals surface area contributed by atoms with E-state index in [0.29, 0.717) is 6.10 Å². The summed E-state index contributed by atoms with van der Waals surface area (Å²) >= 11 is 0. The van der Waals surface area contributed by atoms with Crippen LogP contribution in [0.25, 0.3) is 0 Å². The van der Waals surface area contributed by atoms with E-state index in [1.54, 1.807) is 7.11 Å². The van der Waals surface area contributed by atoms with Gasteiger partial charge in [-0.3, -0.25) is 0 Å². The minimum Gasteiger partial charge on any atom is -0.385 e. The average Bonchev–Trinajstić information content (AvgIpc) is 2.40. The number of hydrogen-bond acceptors (Lipinski definition) is 2. The van der Waals surface area contributed by atoms with Crippen LogP contribution in [-0.4, -0.2) is 18.3 Å². The normalized spacial score (nSPS) is 29.2. The molecule has 0 aliphatic heterocycles. The van der Waals surface area contributed by atoms with Crippen LogP contribution in [0.1, 0.15) is 43.7 Å². The molecule has 17 heavy (non-hydrogen) atoms. The van der Waals surface area contributed by atoms with Gasteiger partial charge < -0.3 is 9.84 Å². The van der Waals surface area contributed by atoms with Crippen molar-refractivity contribution in [1.29, 1.82) is 0 Å². The second-order valence-electron chi connectivity index (χ2n) is 5.02. The number of rotatable bonds is 3. The van der Waals surface area contributed by atoms with E-state index in [2.05, 4.69) is 31.2 Å². The topological polar surface area (TPSA) is 29.5 Å². The van der Waals surface area contributed by atoms with Crippen molar-refractivity contribution in [3.63, 3.8) is 0 Å². The van der Waals surface area contributed by atoms with Crippen LogP contribution in [0.15, 0.2) is 24.3 Å². The maximum absolute atomic E-state index is 10.7. The molecule has 2 heteroatoms. The Bertz CT molecular complexity index is 348. The monoisotopic (exact) mass is 234 g/mol. The van der Waals surface area contributed by atoms with Gasteiger partial charge in [-0.2, -0.15) is 0 Å². The van der Waals surface area contributed by atoms with E-state index in [1.165, 1.54) is 5.56 Å². The van der Waals surface area contributed by atoms with Crippen molar-refractivity contribution in [2.45, 2.75) is 50.7 Å². The number of aliphatic hydroxyl groups is 1. The highest BCUT2D eigenvalue weighted by atomic mass is 16.5. The van der Waals surface area contributed by atoms with Gasteiger partial charge in [0, 0.05) is 7.11 Å². The standard InChI is InChI=1S/C15H22O2/c1-3-12-4-6-13(7-5-12)15(16)10-8-14(17-2)9-11-15/h4-7,14,16H,3,8-11H2,1-2H3. The van der Waals surface area contributed by atoms with E-state index in [0.717, 1.165) is 37.7 Å². The lowest BCUT2D eigenvalue weighted by atomic mass is 9.78. The fraction of sp³-hybridized carbons (Fsp3) is 0.600. The van der Waals surface area contributed by atoms with E-state index < -0.39 is 5.60 Å². The molecule has 1 saturated carbocycles. The van der Waals surface area contributed by atoms with Gasteiger partial charge in [0.05, 0.1) is 11.7 Å². The second-order valence-corrected chi connectivity index (χ2v) is 5.02. The van der Waals surface area contributed by atoms with Gasteiger partial charge in [-0.15, -0.1) is 0 Å². The summed E-state index contributed by atoms with van der Waals surface area (Å²) < 4.78 is 5.35. The highest BCUT2D eigenvalue weighted by Crippen LogP contribution is 2.37. The molecule has 1 aromatic carbocycles. The van der Waals surface area contributed by atoms with E-state index in [-0.39, 0.29) is 0 Å². The Morgan fingerprint density at radius 3 is 2.29 bits per heavy atom. The molecule has 1 aromatic rings. The van der Waals surface area contributed by atoms with Crippen LogP contribution < -0.4 is 0 Å². The van der Waals surface area contributed by atoms with Gasteiger partial charge in [-0.05, 0) is 43.2 Å². The van der Waals surface area contributed by atoms with Gasteiger partial charge in [-0.25, -0.2) is 0 Å². The van der Waals surface area contributed by atoms with Crippen LogP contribution in [0.2, 0.25) is 0 Å². The summed E-state index contributed by atoms with van der Waals surface area (Å²) in [4.78, 5) is 0. The fourth-order valence-corrected chi connectivity index (χ4v) is 2.64. The molecule has 0 radical (unpaired) electrons. The van der Waals surface area contributed by atoms with Gasteiger partial charge in [0.25, 0.3) is 0 Å². The van der Waals surface area contributed by atoms with Crippen molar-refractivity contribution in [3.8, 4) is 0 Å². The van der Waals surface area contributed by atoms with Crippen molar-refractivity contribution in [2.24, 2.45) is 0 Å². The Hall–Kier alpha value is -0.860. The van der Waals surface area contributed by atoms with Crippen molar-refractivity contribution >= 4 is 0 Å². The lowest BCUT2D eigenvalue weighted by Crippen LogP contribution is -2.33. The van der Waals surface area contributed by atoms with Crippen LogP contribution >= 0.6 is 0 Å². The zero-order chi connectivity index (χ0) is 12.3. The molecular weight excluding hydrogens is 212 g/mol. The molecule has 0 spiro atoms. The van der Waals surface area contributed by atoms with E-state index in [9.17, 15) is 5.11 Å². The zero-order valence-electron chi connectivity index (χ0n) is 10.8. The molecular formula is C15H22O2. The van der Waals surface area contributed by atoms with Gasteiger partial charge in [0.2, 0.25) is 0 Å². The Morgan fingerprint density at radius 2 is 1.82 bits per heavy atom. The molecule has 0 aromatic heterocycles. The summed E-state index contributed by atoms with van der Waals surface area (Å²) in [5.41, 5.74) is 1.74. The number of ether oxygens (including phenoxy) is 1. The zero-order valence-corrected chi connectivity index (χ0v) is 10.8. The third kappa shape index (κ3) is 2.70. The molecule has 1 fully saturated rings. The van der Waals surface area contributed by atoms with Gasteiger partial charge in [0.15, 0.2) is 0 Å². The third-order valence-electron chi connectivity index (χ3n) is 3.99. The second kappa shape index (κ2) is 5.19. The maximum atomic E-state index is 10.7. The number of benzene rings is 1. The molecule has 0 heterocycles. The summed E-state index contributed by atoms with van der Waals surface area (Å²) in [6.07, 6.45) is 4.87. The summed E-state index contributed by atoms with van der Waals surface area (Å²) in [7, 11) is 1.76. The minimum absolute atomic E-state index is 0.324. The predicted octanol–water partition coefficient (Wildman–Crippen LogP) is 3.03. The Morgan fingerprint density at radius 1 is 1.24 bits per heavy atom. The lowest BCUT2D eigenvalue weighted by Gasteiger charge is -2.36. The highest BCUT2D eigenvalue weighted by Gasteiger charge is 2.34.